The van der Waals surface area contributed by atoms with Crippen LogP contribution in [0.2, 0.25) is 0 Å². The van der Waals surface area contributed by atoms with E-state index in [1.54, 1.807) is 0 Å². The molecule has 104 valence electrons. The summed E-state index contributed by atoms with van der Waals surface area (Å²) in [5, 5.41) is 2.83. The Labute approximate surface area is 110 Å². The molecule has 19 heavy (non-hydrogen) atoms. The highest BCUT2D eigenvalue weighted by Gasteiger charge is 2.16. The van der Waals surface area contributed by atoms with Crippen molar-refractivity contribution in [1.82, 2.24) is 5.32 Å². The molecule has 1 amide bonds. The molecule has 0 saturated carbocycles. The number of halogens is 1. The molecule has 1 fully saturated rings. The lowest BCUT2D eigenvalue weighted by atomic mass is 10.1. The number of hydrogen-bond donors (Lipinski definition) is 2. The molecule has 0 aliphatic carbocycles. The predicted molar refractivity (Wildman–Crippen MR) is 68.3 cm³/mol. The zero-order valence-corrected chi connectivity index (χ0v) is 10.5. The van der Waals surface area contributed by atoms with Gasteiger partial charge >= 0.3 is 0 Å². The Balaban J connectivity index is 1.79. The van der Waals surface area contributed by atoms with Gasteiger partial charge in [0.1, 0.15) is 0 Å². The van der Waals surface area contributed by atoms with Gasteiger partial charge in [0.15, 0.2) is 18.2 Å². The number of rotatable bonds is 4. The fraction of sp³-hybridized carbons (Fsp3) is 0.462. The summed E-state index contributed by atoms with van der Waals surface area (Å²) in [6.07, 6.45) is 1.59. The zero-order valence-electron chi connectivity index (χ0n) is 10.5. The Morgan fingerprint density at radius 1 is 1.47 bits per heavy atom. The number of hydrogen-bond acceptors (Lipinski definition) is 4. The van der Waals surface area contributed by atoms with Crippen molar-refractivity contribution in [3.05, 3.63) is 24.0 Å². The summed E-state index contributed by atoms with van der Waals surface area (Å²) in [5.74, 6) is -0.807. The van der Waals surface area contributed by atoms with E-state index in [4.69, 9.17) is 15.2 Å². The average molecular weight is 268 g/mol. The number of carbonyl (C=O) groups excluding carboxylic acids is 1. The number of ether oxygens (including phenoxy) is 2. The minimum Gasteiger partial charge on any atom is -0.481 e. The molecule has 6 heteroatoms. The monoisotopic (exact) mass is 268 g/mol. The molecule has 1 saturated heterocycles. The normalized spacial score (nSPS) is 16.1. The van der Waals surface area contributed by atoms with E-state index in [1.165, 1.54) is 12.1 Å². The second-order valence-corrected chi connectivity index (χ2v) is 4.43. The van der Waals surface area contributed by atoms with Crippen LogP contribution in [0.1, 0.15) is 12.8 Å². The topological polar surface area (TPSA) is 73.6 Å². The average Bonchev–Trinajstić information content (AvgIpc) is 2.39. The number of benzene rings is 1. The second kappa shape index (κ2) is 6.38. The number of anilines is 1. The van der Waals surface area contributed by atoms with Crippen molar-refractivity contribution in [3.63, 3.8) is 0 Å². The third-order valence-corrected chi connectivity index (χ3v) is 2.90. The number of nitrogen functional groups attached to an aromatic ring is 1. The van der Waals surface area contributed by atoms with Gasteiger partial charge in [0.05, 0.1) is 0 Å². The van der Waals surface area contributed by atoms with Gasteiger partial charge in [-0.15, -0.1) is 0 Å². The highest BCUT2D eigenvalue weighted by molar-refractivity contribution is 5.77. The third-order valence-electron chi connectivity index (χ3n) is 2.90. The van der Waals surface area contributed by atoms with E-state index < -0.39 is 5.82 Å². The van der Waals surface area contributed by atoms with Crippen molar-refractivity contribution in [3.8, 4) is 5.75 Å². The molecular weight excluding hydrogens is 251 g/mol. The van der Waals surface area contributed by atoms with Gasteiger partial charge in [0.25, 0.3) is 5.91 Å². The Hall–Kier alpha value is -1.82. The van der Waals surface area contributed by atoms with E-state index in [0.29, 0.717) is 18.9 Å². The minimum atomic E-state index is -0.570. The van der Waals surface area contributed by atoms with Crippen LogP contribution in [0.5, 0.6) is 5.75 Å². The van der Waals surface area contributed by atoms with Crippen molar-refractivity contribution in [2.75, 3.05) is 25.6 Å². The van der Waals surface area contributed by atoms with Gasteiger partial charge < -0.3 is 20.5 Å². The maximum absolute atomic E-state index is 13.4. The summed E-state index contributed by atoms with van der Waals surface area (Å²) in [5.41, 5.74) is 5.74. The Kier molecular flexibility index (Phi) is 4.57. The molecule has 0 unspecified atom stereocenters. The Morgan fingerprint density at radius 2 is 2.21 bits per heavy atom. The molecule has 1 aliphatic rings. The predicted octanol–water partition coefficient (Wildman–Crippen LogP) is 1.08. The molecule has 0 bridgehead atoms. The molecule has 5 nitrogen and oxygen atoms in total. The molecule has 3 N–H and O–H groups in total. The molecule has 0 radical (unpaired) electrons. The number of amides is 1. The number of carbonyl (C=O) groups is 1. The largest absolute Gasteiger partial charge is 0.481 e. The summed E-state index contributed by atoms with van der Waals surface area (Å²) in [7, 11) is 0. The van der Waals surface area contributed by atoms with Crippen LogP contribution >= 0.6 is 0 Å². The van der Waals surface area contributed by atoms with E-state index >= 15 is 0 Å². The van der Waals surface area contributed by atoms with E-state index in [2.05, 4.69) is 5.32 Å². The highest BCUT2D eigenvalue weighted by Crippen LogP contribution is 2.19. The van der Waals surface area contributed by atoms with Crippen LogP contribution in [0.25, 0.3) is 0 Å². The van der Waals surface area contributed by atoms with Gasteiger partial charge in [-0.25, -0.2) is 4.39 Å². The van der Waals surface area contributed by atoms with Crippen LogP contribution in [0.3, 0.4) is 0 Å². The second-order valence-electron chi connectivity index (χ2n) is 4.43. The lowest BCUT2D eigenvalue weighted by molar-refractivity contribution is -0.124. The summed E-state index contributed by atoms with van der Waals surface area (Å²) >= 11 is 0. The molecule has 1 heterocycles. The van der Waals surface area contributed by atoms with Crippen molar-refractivity contribution in [1.29, 1.82) is 0 Å². The molecule has 0 atom stereocenters. The first-order valence-electron chi connectivity index (χ1n) is 6.20. The summed E-state index contributed by atoms with van der Waals surface area (Å²) in [4.78, 5) is 11.6. The molecule has 1 aromatic rings. The molecule has 0 aromatic heterocycles. The maximum Gasteiger partial charge on any atom is 0.258 e. The van der Waals surface area contributed by atoms with Crippen molar-refractivity contribution in [2.45, 2.75) is 18.9 Å². The van der Waals surface area contributed by atoms with Gasteiger partial charge in [-0.3, -0.25) is 4.79 Å². The molecular formula is C13H17FN2O3. The molecule has 0 spiro atoms. The molecule has 1 aromatic carbocycles. The Morgan fingerprint density at radius 3 is 2.89 bits per heavy atom. The smallest absolute Gasteiger partial charge is 0.258 e. The van der Waals surface area contributed by atoms with Gasteiger partial charge in [-0.2, -0.15) is 0 Å². The highest BCUT2D eigenvalue weighted by atomic mass is 19.1. The van der Waals surface area contributed by atoms with Crippen LogP contribution in [0, 0.1) is 5.82 Å². The van der Waals surface area contributed by atoms with Gasteiger partial charge in [0.2, 0.25) is 0 Å². The summed E-state index contributed by atoms with van der Waals surface area (Å²) < 4.78 is 23.7. The van der Waals surface area contributed by atoms with Crippen LogP contribution in [-0.2, 0) is 9.53 Å². The standard InChI is InChI=1S/C13H17FN2O3/c14-11-7-9(15)1-2-12(11)19-8-13(17)16-10-3-5-18-6-4-10/h1-2,7,10H,3-6,8,15H2,(H,16,17). The first-order chi connectivity index (χ1) is 9.15. The van der Waals surface area contributed by atoms with Crippen molar-refractivity contribution < 1.29 is 18.7 Å². The van der Waals surface area contributed by atoms with Gasteiger partial charge in [-0.05, 0) is 25.0 Å². The first-order valence-corrected chi connectivity index (χ1v) is 6.20. The van der Waals surface area contributed by atoms with E-state index in [1.807, 2.05) is 0 Å². The fourth-order valence-electron chi connectivity index (χ4n) is 1.89. The van der Waals surface area contributed by atoms with Crippen molar-refractivity contribution >= 4 is 11.6 Å². The van der Waals surface area contributed by atoms with E-state index in [9.17, 15) is 9.18 Å². The van der Waals surface area contributed by atoms with Gasteiger partial charge in [0, 0.05) is 31.0 Å². The number of nitrogens with one attached hydrogen (secondary N) is 1. The lowest BCUT2D eigenvalue weighted by Crippen LogP contribution is -2.41. The summed E-state index contributed by atoms with van der Waals surface area (Å²) in [6.45, 7) is 1.09. The van der Waals surface area contributed by atoms with E-state index in [0.717, 1.165) is 18.9 Å². The maximum atomic E-state index is 13.4. The minimum absolute atomic E-state index is 0.0244. The van der Waals surface area contributed by atoms with Crippen LogP contribution in [0.4, 0.5) is 10.1 Å². The molecule has 2 rings (SSSR count). The quantitative estimate of drug-likeness (QED) is 0.801. The number of nitrogens with two attached hydrogens (primary N) is 1. The lowest BCUT2D eigenvalue weighted by Gasteiger charge is -2.23. The Bertz CT molecular complexity index is 448. The van der Waals surface area contributed by atoms with Gasteiger partial charge in [-0.1, -0.05) is 0 Å². The fourth-order valence-corrected chi connectivity index (χ4v) is 1.89. The van der Waals surface area contributed by atoms with Crippen LogP contribution in [-0.4, -0.2) is 31.8 Å². The first kappa shape index (κ1) is 13.6. The van der Waals surface area contributed by atoms with E-state index in [-0.39, 0.29) is 24.3 Å². The SMILES string of the molecule is Nc1ccc(OCC(=O)NC2CCOCC2)c(F)c1. The van der Waals surface area contributed by atoms with Crippen molar-refractivity contribution in [2.24, 2.45) is 0 Å². The molecule has 1 aliphatic heterocycles. The summed E-state index contributed by atoms with van der Waals surface area (Å²) in [6, 6.07) is 4.20. The third kappa shape index (κ3) is 4.10. The van der Waals surface area contributed by atoms with Crippen LogP contribution in [0.15, 0.2) is 18.2 Å². The van der Waals surface area contributed by atoms with Crippen LogP contribution < -0.4 is 15.8 Å². The zero-order chi connectivity index (χ0) is 13.7.